The van der Waals surface area contributed by atoms with Crippen molar-refractivity contribution in [1.82, 2.24) is 4.72 Å². The van der Waals surface area contributed by atoms with Crippen molar-refractivity contribution in [3.63, 3.8) is 0 Å². The summed E-state index contributed by atoms with van der Waals surface area (Å²) in [7, 11) is -7.62. The molecule has 0 spiro atoms. The van der Waals surface area contributed by atoms with Crippen molar-refractivity contribution in [2.45, 2.75) is 35.5 Å². The van der Waals surface area contributed by atoms with E-state index in [1.54, 1.807) is 18.2 Å². The van der Waals surface area contributed by atoms with Gasteiger partial charge in [-0.15, -0.1) is 0 Å². The summed E-state index contributed by atoms with van der Waals surface area (Å²) in [5.41, 5.74) is 4.21. The van der Waals surface area contributed by atoms with Crippen molar-refractivity contribution >= 4 is 31.6 Å². The molecule has 0 radical (unpaired) electrons. The number of sulfonamides is 2. The van der Waals surface area contributed by atoms with Crippen molar-refractivity contribution in [2.75, 3.05) is 11.9 Å². The molecule has 0 aromatic heterocycles. The van der Waals surface area contributed by atoms with E-state index in [4.69, 9.17) is 5.14 Å². The summed E-state index contributed by atoms with van der Waals surface area (Å²) in [5, 5.41) is 7.92. The molecule has 0 saturated carbocycles. The number of aryl methyl sites for hydroxylation is 2. The molecule has 34 heavy (non-hydrogen) atoms. The highest BCUT2D eigenvalue weighted by Crippen LogP contribution is 2.25. The van der Waals surface area contributed by atoms with E-state index >= 15 is 0 Å². The smallest absolute Gasteiger partial charge is 0.255 e. The predicted molar refractivity (Wildman–Crippen MR) is 130 cm³/mol. The number of fused-ring (bicyclic) bond motifs is 1. The van der Waals surface area contributed by atoms with E-state index in [-0.39, 0.29) is 27.8 Å². The van der Waals surface area contributed by atoms with Crippen LogP contribution in [-0.4, -0.2) is 29.3 Å². The molecule has 10 heteroatoms. The number of primary sulfonamides is 1. The van der Waals surface area contributed by atoms with E-state index in [1.807, 2.05) is 18.2 Å². The number of nitrogens with one attached hydrogen (secondary N) is 2. The van der Waals surface area contributed by atoms with Crippen molar-refractivity contribution < 1.29 is 21.6 Å². The second-order valence-corrected chi connectivity index (χ2v) is 11.5. The number of rotatable bonds is 8. The Morgan fingerprint density at radius 2 is 1.59 bits per heavy atom. The highest BCUT2D eigenvalue weighted by atomic mass is 32.2. The Morgan fingerprint density at radius 3 is 2.32 bits per heavy atom. The lowest BCUT2D eigenvalue weighted by atomic mass is 10.1. The molecule has 1 amide bonds. The highest BCUT2D eigenvalue weighted by Gasteiger charge is 2.17. The number of amides is 1. The molecule has 3 aromatic rings. The van der Waals surface area contributed by atoms with Gasteiger partial charge in [-0.05, 0) is 84.8 Å². The summed E-state index contributed by atoms with van der Waals surface area (Å²) in [4.78, 5) is 12.7. The molecule has 8 nitrogen and oxygen atoms in total. The van der Waals surface area contributed by atoms with Gasteiger partial charge < -0.3 is 5.32 Å². The monoisotopic (exact) mass is 499 g/mol. The maximum absolute atomic E-state index is 12.7. The fourth-order valence-corrected chi connectivity index (χ4v) is 5.51. The predicted octanol–water partition coefficient (Wildman–Crippen LogP) is 2.60. The van der Waals surface area contributed by atoms with Crippen LogP contribution in [0.2, 0.25) is 0 Å². The lowest BCUT2D eigenvalue weighted by Gasteiger charge is -2.10. The Balaban J connectivity index is 1.39. The fourth-order valence-electron chi connectivity index (χ4n) is 3.92. The normalized spacial score (nSPS) is 13.4. The van der Waals surface area contributed by atoms with Gasteiger partial charge >= 0.3 is 0 Å². The summed E-state index contributed by atoms with van der Waals surface area (Å²) in [6.07, 6.45) is 3.51. The van der Waals surface area contributed by atoms with E-state index in [2.05, 4.69) is 10.0 Å². The van der Waals surface area contributed by atoms with Crippen LogP contribution in [0.25, 0.3) is 0 Å². The van der Waals surface area contributed by atoms with Gasteiger partial charge in [0.1, 0.15) is 0 Å². The molecule has 0 unspecified atom stereocenters. The summed E-state index contributed by atoms with van der Waals surface area (Å²) in [6, 6.07) is 17.6. The van der Waals surface area contributed by atoms with Gasteiger partial charge in [0.2, 0.25) is 20.0 Å². The SMILES string of the molecule is NS(=O)(=O)c1ccc(CCNS(=O)(=O)c2cccc(C(=O)Nc3ccc4c(c3)CCC4)c2)cc1. The van der Waals surface area contributed by atoms with Crippen molar-refractivity contribution in [2.24, 2.45) is 5.14 Å². The second-order valence-electron chi connectivity index (χ2n) is 8.16. The third-order valence-corrected chi connectivity index (χ3v) is 8.11. The lowest BCUT2D eigenvalue weighted by molar-refractivity contribution is 0.102. The van der Waals surface area contributed by atoms with E-state index in [0.29, 0.717) is 12.1 Å². The molecule has 0 fully saturated rings. The van der Waals surface area contributed by atoms with Crippen LogP contribution in [0, 0.1) is 0 Å². The zero-order chi connectivity index (χ0) is 24.3. The maximum Gasteiger partial charge on any atom is 0.255 e. The first-order chi connectivity index (χ1) is 16.1. The minimum atomic E-state index is -3.84. The molecule has 3 aromatic carbocycles. The van der Waals surface area contributed by atoms with Gasteiger partial charge in [0, 0.05) is 17.8 Å². The van der Waals surface area contributed by atoms with Crippen LogP contribution in [0.5, 0.6) is 0 Å². The van der Waals surface area contributed by atoms with Crippen LogP contribution >= 0.6 is 0 Å². The molecule has 1 aliphatic carbocycles. The zero-order valence-electron chi connectivity index (χ0n) is 18.3. The third-order valence-electron chi connectivity index (χ3n) is 5.72. The van der Waals surface area contributed by atoms with Gasteiger partial charge in [0.05, 0.1) is 9.79 Å². The first kappa shape index (κ1) is 24.1. The Kier molecular flexibility index (Phi) is 6.85. The number of anilines is 1. The molecule has 178 valence electrons. The topological polar surface area (TPSA) is 135 Å². The van der Waals surface area contributed by atoms with Crippen LogP contribution in [0.1, 0.15) is 33.5 Å². The number of benzene rings is 3. The molecular weight excluding hydrogens is 474 g/mol. The minimum Gasteiger partial charge on any atom is -0.322 e. The van der Waals surface area contributed by atoms with Crippen molar-refractivity contribution in [1.29, 1.82) is 0 Å². The number of hydrogen-bond acceptors (Lipinski definition) is 5. The molecule has 4 N–H and O–H groups in total. The zero-order valence-corrected chi connectivity index (χ0v) is 20.0. The molecular formula is C24H25N3O5S2. The average molecular weight is 500 g/mol. The summed E-state index contributed by atoms with van der Waals surface area (Å²) >= 11 is 0. The molecule has 0 bridgehead atoms. The number of hydrogen-bond donors (Lipinski definition) is 3. The Hall–Kier alpha value is -3.05. The molecule has 4 rings (SSSR count). The molecule has 0 aliphatic heterocycles. The molecule has 0 heterocycles. The molecule has 0 atom stereocenters. The van der Waals surface area contributed by atoms with Gasteiger partial charge in [-0.2, -0.15) is 0 Å². The summed E-state index contributed by atoms with van der Waals surface area (Å²) < 4.78 is 50.6. The van der Waals surface area contributed by atoms with Crippen LogP contribution in [0.15, 0.2) is 76.5 Å². The van der Waals surface area contributed by atoms with Gasteiger partial charge in [-0.1, -0.05) is 24.3 Å². The maximum atomic E-state index is 12.7. The standard InChI is InChI=1S/C24H25N3O5S2/c25-33(29,30)22-11-7-17(8-12-22)13-14-26-34(31,32)23-6-2-5-20(16-23)24(28)27-21-10-9-18-3-1-4-19(18)15-21/h2,5-12,15-16,26H,1,3-4,13-14H2,(H,27,28)(H2,25,29,30). The van der Waals surface area contributed by atoms with Gasteiger partial charge in [0.25, 0.3) is 5.91 Å². The Labute approximate surface area is 199 Å². The van der Waals surface area contributed by atoms with Crippen LogP contribution in [0.4, 0.5) is 5.69 Å². The largest absolute Gasteiger partial charge is 0.322 e. The van der Waals surface area contributed by atoms with Gasteiger partial charge in [-0.25, -0.2) is 26.7 Å². The number of nitrogens with two attached hydrogens (primary N) is 1. The van der Waals surface area contributed by atoms with E-state index in [1.165, 1.54) is 41.5 Å². The van der Waals surface area contributed by atoms with Crippen molar-refractivity contribution in [3.05, 3.63) is 89.0 Å². The van der Waals surface area contributed by atoms with Crippen molar-refractivity contribution in [3.8, 4) is 0 Å². The number of carbonyl (C=O) groups excluding carboxylic acids is 1. The first-order valence-corrected chi connectivity index (χ1v) is 13.8. The fraction of sp³-hybridized carbons (Fsp3) is 0.208. The molecule has 0 saturated heterocycles. The highest BCUT2D eigenvalue weighted by molar-refractivity contribution is 7.89. The van der Waals surface area contributed by atoms with Gasteiger partial charge in [0.15, 0.2) is 0 Å². The van der Waals surface area contributed by atoms with Crippen LogP contribution in [-0.2, 0) is 39.3 Å². The first-order valence-electron chi connectivity index (χ1n) is 10.8. The average Bonchev–Trinajstić information content (AvgIpc) is 3.27. The van der Waals surface area contributed by atoms with E-state index in [0.717, 1.165) is 24.8 Å². The van der Waals surface area contributed by atoms with Gasteiger partial charge in [-0.3, -0.25) is 4.79 Å². The second kappa shape index (κ2) is 9.67. The third kappa shape index (κ3) is 5.71. The van der Waals surface area contributed by atoms with Crippen LogP contribution < -0.4 is 15.2 Å². The van der Waals surface area contributed by atoms with Crippen LogP contribution in [0.3, 0.4) is 0 Å². The van der Waals surface area contributed by atoms with E-state index in [9.17, 15) is 21.6 Å². The van der Waals surface area contributed by atoms with E-state index < -0.39 is 20.0 Å². The molecule has 1 aliphatic rings. The summed E-state index contributed by atoms with van der Waals surface area (Å²) in [6.45, 7) is 0.0998. The number of carbonyl (C=O) groups is 1. The Morgan fingerprint density at radius 1 is 0.853 bits per heavy atom. The summed E-state index contributed by atoms with van der Waals surface area (Å²) in [5.74, 6) is -0.384. The minimum absolute atomic E-state index is 0.00758. The Bertz CT molecular complexity index is 1430. The lowest BCUT2D eigenvalue weighted by Crippen LogP contribution is -2.26. The quantitative estimate of drug-likeness (QED) is 0.438.